The molecule has 8 rings (SSSR count). The molecule has 1 aliphatic heterocycles. The Hall–Kier alpha value is -3.64. The van der Waals surface area contributed by atoms with Gasteiger partial charge in [0.2, 0.25) is 0 Å². The summed E-state index contributed by atoms with van der Waals surface area (Å²) in [4.78, 5) is 40.1. The Morgan fingerprint density at radius 3 is 2.17 bits per heavy atom. The van der Waals surface area contributed by atoms with Crippen LogP contribution in [0.3, 0.4) is 0 Å². The zero-order valence-electron chi connectivity index (χ0n) is 23.7. The second-order valence-corrected chi connectivity index (χ2v) is 13.2. The van der Waals surface area contributed by atoms with E-state index in [1.54, 1.807) is 31.2 Å². The van der Waals surface area contributed by atoms with Gasteiger partial charge in [0.25, 0.3) is 11.8 Å². The first-order valence-electron chi connectivity index (χ1n) is 14.6. The van der Waals surface area contributed by atoms with Crippen molar-refractivity contribution in [2.75, 3.05) is 4.90 Å². The SMILES string of the molecule is Cc1c(Cl)cccc1N1C(=O)NC(=O)/C(=C\c2cc(C)n(-c3ccc(C45CC6CC(CC(C6)C4)C5)cc3)c2C)C1=O. The summed E-state index contributed by atoms with van der Waals surface area (Å²) in [5, 5.41) is 2.75. The molecule has 5 aliphatic rings. The molecule has 41 heavy (non-hydrogen) atoms. The Balaban J connectivity index is 1.20. The number of aromatic nitrogens is 1. The van der Waals surface area contributed by atoms with Crippen LogP contribution in [0.2, 0.25) is 5.02 Å². The predicted octanol–water partition coefficient (Wildman–Crippen LogP) is 7.19. The fourth-order valence-electron chi connectivity index (χ4n) is 8.63. The molecule has 1 saturated heterocycles. The molecule has 3 aromatic rings. The van der Waals surface area contributed by atoms with Crippen molar-refractivity contribution >= 4 is 41.2 Å². The van der Waals surface area contributed by atoms with Crippen molar-refractivity contribution in [1.29, 1.82) is 0 Å². The number of halogens is 1. The summed E-state index contributed by atoms with van der Waals surface area (Å²) in [5.74, 6) is 1.33. The number of nitrogens with zero attached hydrogens (tertiary/aromatic N) is 2. The van der Waals surface area contributed by atoms with Gasteiger partial charge in [-0.1, -0.05) is 29.8 Å². The van der Waals surface area contributed by atoms with E-state index in [9.17, 15) is 14.4 Å². The van der Waals surface area contributed by atoms with Gasteiger partial charge in [0.15, 0.2) is 0 Å². The van der Waals surface area contributed by atoms with E-state index in [2.05, 4.69) is 34.1 Å². The van der Waals surface area contributed by atoms with Crippen LogP contribution in [0.1, 0.15) is 66.6 Å². The number of anilines is 1. The number of benzene rings is 2. The van der Waals surface area contributed by atoms with Gasteiger partial charge < -0.3 is 4.57 Å². The number of urea groups is 1. The van der Waals surface area contributed by atoms with Crippen molar-refractivity contribution in [2.24, 2.45) is 17.8 Å². The highest BCUT2D eigenvalue weighted by Gasteiger charge is 2.51. The lowest BCUT2D eigenvalue weighted by Crippen LogP contribution is -2.54. The quantitative estimate of drug-likeness (QED) is 0.268. The highest BCUT2D eigenvalue weighted by Crippen LogP contribution is 2.60. The molecule has 0 radical (unpaired) electrons. The van der Waals surface area contributed by atoms with Gasteiger partial charge in [-0.05, 0) is 136 Å². The number of carbonyl (C=O) groups excluding carboxylic acids is 3. The Morgan fingerprint density at radius 1 is 0.902 bits per heavy atom. The largest absolute Gasteiger partial charge is 0.335 e. The molecule has 4 bridgehead atoms. The average Bonchev–Trinajstić information content (AvgIpc) is 3.20. The molecule has 0 atom stereocenters. The molecule has 210 valence electrons. The smallest absolute Gasteiger partial charge is 0.318 e. The van der Waals surface area contributed by atoms with Crippen LogP contribution in [-0.4, -0.2) is 22.4 Å². The first-order valence-corrected chi connectivity index (χ1v) is 15.0. The minimum Gasteiger partial charge on any atom is -0.318 e. The molecular formula is C34H34ClN3O3. The summed E-state index contributed by atoms with van der Waals surface area (Å²) in [6, 6.07) is 15.3. The Kier molecular flexibility index (Phi) is 6.06. The third-order valence-electron chi connectivity index (χ3n) is 10.1. The maximum atomic E-state index is 13.5. The molecule has 1 aromatic heterocycles. The normalized spacial score (nSPS) is 28.1. The third kappa shape index (κ3) is 4.18. The lowest BCUT2D eigenvalue weighted by atomic mass is 9.48. The summed E-state index contributed by atoms with van der Waals surface area (Å²) in [7, 11) is 0. The summed E-state index contributed by atoms with van der Waals surface area (Å²) in [6.45, 7) is 5.75. The molecule has 7 heteroatoms. The minimum absolute atomic E-state index is 0.0959. The maximum Gasteiger partial charge on any atom is 0.335 e. The van der Waals surface area contributed by atoms with Crippen LogP contribution in [-0.2, 0) is 15.0 Å². The second kappa shape index (κ2) is 9.45. The van der Waals surface area contributed by atoms with Gasteiger partial charge in [-0.25, -0.2) is 9.69 Å². The van der Waals surface area contributed by atoms with Gasteiger partial charge in [-0.2, -0.15) is 0 Å². The fraction of sp³-hybridized carbons (Fsp3) is 0.382. The molecule has 0 spiro atoms. The first-order chi connectivity index (χ1) is 19.6. The Labute approximate surface area is 245 Å². The van der Waals surface area contributed by atoms with Crippen LogP contribution in [0.4, 0.5) is 10.5 Å². The number of amides is 4. The van der Waals surface area contributed by atoms with Gasteiger partial charge in [-0.3, -0.25) is 14.9 Å². The van der Waals surface area contributed by atoms with Crippen molar-refractivity contribution < 1.29 is 14.4 Å². The summed E-state index contributed by atoms with van der Waals surface area (Å²) in [5.41, 5.74) is 6.40. The molecular weight excluding hydrogens is 534 g/mol. The van der Waals surface area contributed by atoms with Gasteiger partial charge in [-0.15, -0.1) is 0 Å². The lowest BCUT2D eigenvalue weighted by Gasteiger charge is -2.57. The highest BCUT2D eigenvalue weighted by atomic mass is 35.5. The second-order valence-electron chi connectivity index (χ2n) is 12.7. The van der Waals surface area contributed by atoms with Crippen molar-refractivity contribution in [3.05, 3.63) is 87.2 Å². The number of aryl methyl sites for hydroxylation is 1. The number of rotatable bonds is 4. The average molecular weight is 568 g/mol. The first kappa shape index (κ1) is 26.3. The maximum absolute atomic E-state index is 13.5. The fourth-order valence-corrected chi connectivity index (χ4v) is 8.80. The zero-order chi connectivity index (χ0) is 28.6. The number of barbiturate groups is 1. The molecule has 4 aliphatic carbocycles. The van der Waals surface area contributed by atoms with E-state index in [4.69, 9.17) is 11.6 Å². The molecule has 6 nitrogen and oxygen atoms in total. The summed E-state index contributed by atoms with van der Waals surface area (Å²) < 4.78 is 2.16. The van der Waals surface area contributed by atoms with Crippen molar-refractivity contribution in [1.82, 2.24) is 9.88 Å². The van der Waals surface area contributed by atoms with Crippen LogP contribution in [0.25, 0.3) is 11.8 Å². The van der Waals surface area contributed by atoms with E-state index < -0.39 is 17.8 Å². The van der Waals surface area contributed by atoms with E-state index in [1.807, 2.05) is 19.9 Å². The number of nitrogens with one attached hydrogen (secondary N) is 1. The summed E-state index contributed by atoms with van der Waals surface area (Å²) >= 11 is 6.26. The molecule has 1 N–H and O–H groups in total. The molecule has 4 saturated carbocycles. The topological polar surface area (TPSA) is 71.4 Å². The van der Waals surface area contributed by atoms with Gasteiger partial charge in [0.05, 0.1) is 5.69 Å². The van der Waals surface area contributed by atoms with E-state index in [0.717, 1.165) is 45.3 Å². The van der Waals surface area contributed by atoms with Crippen LogP contribution in [0.5, 0.6) is 0 Å². The highest BCUT2D eigenvalue weighted by molar-refractivity contribution is 6.40. The summed E-state index contributed by atoms with van der Waals surface area (Å²) in [6.07, 6.45) is 9.89. The molecule has 2 heterocycles. The van der Waals surface area contributed by atoms with Crippen LogP contribution >= 0.6 is 11.6 Å². The molecule has 5 fully saturated rings. The van der Waals surface area contributed by atoms with Crippen molar-refractivity contribution in [3.63, 3.8) is 0 Å². The van der Waals surface area contributed by atoms with Crippen LogP contribution in [0.15, 0.2) is 54.1 Å². The molecule has 4 amide bonds. The van der Waals surface area contributed by atoms with Gasteiger partial charge >= 0.3 is 6.03 Å². The van der Waals surface area contributed by atoms with Crippen LogP contribution in [0, 0.1) is 38.5 Å². The number of carbonyl (C=O) groups is 3. The Bertz CT molecular complexity index is 1610. The molecule has 2 aromatic carbocycles. The Morgan fingerprint density at radius 2 is 1.54 bits per heavy atom. The monoisotopic (exact) mass is 567 g/mol. The number of imide groups is 2. The molecule has 0 unspecified atom stereocenters. The van der Waals surface area contributed by atoms with Crippen molar-refractivity contribution in [3.8, 4) is 5.69 Å². The van der Waals surface area contributed by atoms with E-state index in [1.165, 1.54) is 44.1 Å². The van der Waals surface area contributed by atoms with Crippen LogP contribution < -0.4 is 10.2 Å². The van der Waals surface area contributed by atoms with E-state index in [-0.39, 0.29) is 5.57 Å². The number of hydrogen-bond acceptors (Lipinski definition) is 3. The third-order valence-corrected chi connectivity index (χ3v) is 10.5. The lowest BCUT2D eigenvalue weighted by molar-refractivity contribution is -0.122. The minimum atomic E-state index is -0.785. The van der Waals surface area contributed by atoms with E-state index >= 15 is 0 Å². The van der Waals surface area contributed by atoms with Crippen molar-refractivity contribution in [2.45, 2.75) is 64.7 Å². The zero-order valence-corrected chi connectivity index (χ0v) is 24.4. The predicted molar refractivity (Wildman–Crippen MR) is 160 cm³/mol. The van der Waals surface area contributed by atoms with E-state index in [0.29, 0.717) is 21.7 Å². The standard InChI is InChI=1S/C34H34ClN3O3/c1-19-11-25(15-28-31(39)36-33(41)38(32(28)40)30-6-4-5-29(35)20(30)2)21(3)37(19)27-9-7-26(8-10-27)34-16-22-12-23(17-34)14-24(13-22)18-34/h4-11,15,22-24H,12-14,16-18H2,1-3H3,(H,36,39,41)/b28-15+. The van der Waals surface area contributed by atoms with Gasteiger partial charge in [0, 0.05) is 22.1 Å². The van der Waals surface area contributed by atoms with Gasteiger partial charge in [0.1, 0.15) is 5.57 Å². The number of hydrogen-bond donors (Lipinski definition) is 1.